The molecule has 26 heavy (non-hydrogen) atoms. The third-order valence-corrected chi connectivity index (χ3v) is 4.53. The first-order valence-corrected chi connectivity index (χ1v) is 8.86. The number of hydrogen-bond acceptors (Lipinski definition) is 3. The number of hydrogen-bond donors (Lipinski definition) is 2. The molecule has 0 spiro atoms. The summed E-state index contributed by atoms with van der Waals surface area (Å²) in [6.45, 7) is 3.54. The standard InChI is InChI=1S/C20H23ClN2O3/c1-3-13(2)19(20(22)25)23-18(24)12-26-17-10-9-15(11-16(17)21)14-7-5-4-6-8-14/h4-11,13,19H,3,12H2,1-2H3,(H2,22,25)(H,23,24). The third-order valence-electron chi connectivity index (χ3n) is 4.23. The molecule has 0 bridgehead atoms. The van der Waals surface area contributed by atoms with Gasteiger partial charge in [-0.05, 0) is 29.2 Å². The molecule has 0 aliphatic carbocycles. The number of primary amides is 1. The summed E-state index contributed by atoms with van der Waals surface area (Å²) in [5.41, 5.74) is 7.34. The van der Waals surface area contributed by atoms with Gasteiger partial charge in [-0.3, -0.25) is 9.59 Å². The molecular weight excluding hydrogens is 352 g/mol. The van der Waals surface area contributed by atoms with Gasteiger partial charge in [-0.2, -0.15) is 0 Å². The monoisotopic (exact) mass is 374 g/mol. The van der Waals surface area contributed by atoms with Crippen molar-refractivity contribution >= 4 is 23.4 Å². The number of carbonyl (C=O) groups excluding carboxylic acids is 2. The van der Waals surface area contributed by atoms with Crippen LogP contribution in [0.5, 0.6) is 5.75 Å². The summed E-state index contributed by atoms with van der Waals surface area (Å²) in [4.78, 5) is 23.5. The molecule has 6 heteroatoms. The molecule has 0 heterocycles. The highest BCUT2D eigenvalue weighted by Crippen LogP contribution is 2.30. The summed E-state index contributed by atoms with van der Waals surface area (Å²) in [5, 5.41) is 3.02. The number of amides is 2. The fourth-order valence-electron chi connectivity index (χ4n) is 2.52. The van der Waals surface area contributed by atoms with Crippen LogP contribution < -0.4 is 15.8 Å². The topological polar surface area (TPSA) is 81.4 Å². The van der Waals surface area contributed by atoms with Gasteiger partial charge in [-0.25, -0.2) is 0 Å². The van der Waals surface area contributed by atoms with Crippen LogP contribution in [-0.2, 0) is 9.59 Å². The summed E-state index contributed by atoms with van der Waals surface area (Å²) in [6, 6.07) is 14.5. The van der Waals surface area contributed by atoms with E-state index in [0.29, 0.717) is 10.8 Å². The van der Waals surface area contributed by atoms with E-state index in [1.807, 2.05) is 50.2 Å². The van der Waals surface area contributed by atoms with Crippen LogP contribution in [0.2, 0.25) is 5.02 Å². The third kappa shape index (κ3) is 5.23. The molecule has 0 saturated carbocycles. The van der Waals surface area contributed by atoms with Gasteiger partial charge in [-0.15, -0.1) is 0 Å². The number of halogens is 1. The number of benzene rings is 2. The van der Waals surface area contributed by atoms with Crippen LogP contribution in [0.15, 0.2) is 48.5 Å². The molecule has 2 unspecified atom stereocenters. The first-order chi connectivity index (χ1) is 12.4. The lowest BCUT2D eigenvalue weighted by atomic mass is 9.99. The number of carbonyl (C=O) groups is 2. The van der Waals surface area contributed by atoms with Gasteiger partial charge >= 0.3 is 0 Å². The molecule has 5 nitrogen and oxygen atoms in total. The van der Waals surface area contributed by atoms with Crippen LogP contribution in [0.3, 0.4) is 0 Å². The number of rotatable bonds is 8. The Morgan fingerprint density at radius 2 is 1.85 bits per heavy atom. The normalized spacial score (nSPS) is 12.9. The fourth-order valence-corrected chi connectivity index (χ4v) is 2.75. The Kier molecular flexibility index (Phi) is 7.04. The first kappa shape index (κ1) is 19.8. The van der Waals surface area contributed by atoms with E-state index in [-0.39, 0.29) is 12.5 Å². The van der Waals surface area contributed by atoms with Gasteiger partial charge in [0.15, 0.2) is 6.61 Å². The van der Waals surface area contributed by atoms with Crippen molar-refractivity contribution in [2.75, 3.05) is 6.61 Å². The number of nitrogens with two attached hydrogens (primary N) is 1. The molecule has 3 N–H and O–H groups in total. The lowest BCUT2D eigenvalue weighted by molar-refractivity contribution is -0.129. The maximum atomic E-state index is 12.1. The summed E-state index contributed by atoms with van der Waals surface area (Å²) < 4.78 is 5.49. The van der Waals surface area contributed by atoms with E-state index in [9.17, 15) is 9.59 Å². The zero-order chi connectivity index (χ0) is 19.1. The molecule has 2 rings (SSSR count). The van der Waals surface area contributed by atoms with Crippen molar-refractivity contribution < 1.29 is 14.3 Å². The van der Waals surface area contributed by atoms with Crippen molar-refractivity contribution in [1.82, 2.24) is 5.32 Å². The van der Waals surface area contributed by atoms with Gasteiger partial charge < -0.3 is 15.8 Å². The minimum absolute atomic E-state index is 0.0507. The number of nitrogens with one attached hydrogen (secondary N) is 1. The summed E-state index contributed by atoms with van der Waals surface area (Å²) in [5.74, 6) is -0.624. The average Bonchev–Trinajstić information content (AvgIpc) is 2.65. The van der Waals surface area contributed by atoms with Gasteiger partial charge in [0, 0.05) is 0 Å². The van der Waals surface area contributed by atoms with Crippen LogP contribution in [0, 0.1) is 5.92 Å². The molecular formula is C20H23ClN2O3. The highest BCUT2D eigenvalue weighted by Gasteiger charge is 2.23. The Labute approximate surface area is 158 Å². The smallest absolute Gasteiger partial charge is 0.258 e. The van der Waals surface area contributed by atoms with Gasteiger partial charge in [0.25, 0.3) is 5.91 Å². The Bertz CT molecular complexity index is 765. The Hall–Kier alpha value is -2.53. The molecule has 0 fully saturated rings. The Balaban J connectivity index is 1.99. The first-order valence-electron chi connectivity index (χ1n) is 8.48. The van der Waals surface area contributed by atoms with Crippen LogP contribution in [0.25, 0.3) is 11.1 Å². The molecule has 0 aliphatic heterocycles. The summed E-state index contributed by atoms with van der Waals surface area (Å²) >= 11 is 6.26. The second-order valence-corrected chi connectivity index (χ2v) is 6.54. The van der Waals surface area contributed by atoms with Crippen molar-refractivity contribution in [3.63, 3.8) is 0 Å². The molecule has 2 atom stereocenters. The van der Waals surface area contributed by atoms with E-state index in [4.69, 9.17) is 22.1 Å². The molecule has 2 aromatic carbocycles. The lowest BCUT2D eigenvalue weighted by Gasteiger charge is -2.21. The highest BCUT2D eigenvalue weighted by molar-refractivity contribution is 6.32. The summed E-state index contributed by atoms with van der Waals surface area (Å²) in [7, 11) is 0. The minimum atomic E-state index is -0.716. The van der Waals surface area contributed by atoms with Crippen molar-refractivity contribution in [2.45, 2.75) is 26.3 Å². The average molecular weight is 375 g/mol. The predicted octanol–water partition coefficient (Wildman–Crippen LogP) is 3.40. The van der Waals surface area contributed by atoms with E-state index in [2.05, 4.69) is 5.32 Å². The van der Waals surface area contributed by atoms with Gasteiger partial charge in [0.1, 0.15) is 11.8 Å². The number of ether oxygens (including phenoxy) is 1. The van der Waals surface area contributed by atoms with Crippen LogP contribution in [0.4, 0.5) is 0 Å². The van der Waals surface area contributed by atoms with E-state index in [1.165, 1.54) is 0 Å². The van der Waals surface area contributed by atoms with Crippen LogP contribution in [-0.4, -0.2) is 24.5 Å². The Morgan fingerprint density at radius 1 is 1.15 bits per heavy atom. The fraction of sp³-hybridized carbons (Fsp3) is 0.300. The zero-order valence-electron chi connectivity index (χ0n) is 14.9. The molecule has 0 saturated heterocycles. The molecule has 2 amide bonds. The predicted molar refractivity (Wildman–Crippen MR) is 103 cm³/mol. The van der Waals surface area contributed by atoms with Gasteiger partial charge in [0.2, 0.25) is 5.91 Å². The lowest BCUT2D eigenvalue weighted by Crippen LogP contribution is -2.49. The minimum Gasteiger partial charge on any atom is -0.482 e. The molecule has 0 radical (unpaired) electrons. The molecule has 0 aliphatic rings. The quantitative estimate of drug-likeness (QED) is 0.743. The van der Waals surface area contributed by atoms with Crippen molar-refractivity contribution in [2.24, 2.45) is 11.7 Å². The van der Waals surface area contributed by atoms with Crippen molar-refractivity contribution in [3.8, 4) is 16.9 Å². The maximum absolute atomic E-state index is 12.1. The van der Waals surface area contributed by atoms with E-state index in [0.717, 1.165) is 17.5 Å². The van der Waals surface area contributed by atoms with Crippen LogP contribution in [0.1, 0.15) is 20.3 Å². The van der Waals surface area contributed by atoms with Gasteiger partial charge in [-0.1, -0.05) is 68.3 Å². The van der Waals surface area contributed by atoms with Crippen molar-refractivity contribution in [1.29, 1.82) is 0 Å². The van der Waals surface area contributed by atoms with Gasteiger partial charge in [0.05, 0.1) is 5.02 Å². The second kappa shape index (κ2) is 9.25. The SMILES string of the molecule is CCC(C)C(NC(=O)COc1ccc(-c2ccccc2)cc1Cl)C(N)=O. The van der Waals surface area contributed by atoms with Crippen LogP contribution >= 0.6 is 11.6 Å². The molecule has 138 valence electrons. The maximum Gasteiger partial charge on any atom is 0.258 e. The van der Waals surface area contributed by atoms with E-state index >= 15 is 0 Å². The van der Waals surface area contributed by atoms with E-state index in [1.54, 1.807) is 12.1 Å². The highest BCUT2D eigenvalue weighted by atomic mass is 35.5. The molecule has 2 aromatic rings. The van der Waals surface area contributed by atoms with Crippen molar-refractivity contribution in [3.05, 3.63) is 53.6 Å². The summed E-state index contributed by atoms with van der Waals surface area (Å²) in [6.07, 6.45) is 0.724. The Morgan fingerprint density at radius 3 is 2.42 bits per heavy atom. The largest absolute Gasteiger partial charge is 0.482 e. The second-order valence-electron chi connectivity index (χ2n) is 6.13. The van der Waals surface area contributed by atoms with E-state index < -0.39 is 17.9 Å². The molecule has 0 aromatic heterocycles. The zero-order valence-corrected chi connectivity index (χ0v) is 15.6.